The molecule has 14 heteroatoms. The molecule has 3 aromatic rings. The minimum Gasteiger partial charge on any atom is -0.383 e. The Hall–Kier alpha value is -3.15. The second kappa shape index (κ2) is 10.7. The summed E-state index contributed by atoms with van der Waals surface area (Å²) in [6.45, 7) is 1.52. The number of alkyl halides is 5. The zero-order chi connectivity index (χ0) is 29.7. The van der Waals surface area contributed by atoms with Gasteiger partial charge in [-0.3, -0.25) is 9.59 Å². The fourth-order valence-corrected chi connectivity index (χ4v) is 5.34. The monoisotopic (exact) mass is 623 g/mol. The van der Waals surface area contributed by atoms with Crippen LogP contribution in [0.4, 0.5) is 43.4 Å². The largest absolute Gasteiger partial charge is 0.419 e. The Morgan fingerprint density at radius 3 is 2.23 bits per heavy atom. The third-order valence-corrected chi connectivity index (χ3v) is 7.79. The van der Waals surface area contributed by atoms with Crippen molar-refractivity contribution in [3.63, 3.8) is 0 Å². The molecule has 0 heterocycles. The van der Waals surface area contributed by atoms with Gasteiger partial charge in [-0.15, -0.1) is 23.2 Å². The highest BCUT2D eigenvalue weighted by atomic mass is 35.5. The van der Waals surface area contributed by atoms with E-state index in [2.05, 4.69) is 16.0 Å². The maximum Gasteiger partial charge on any atom is 0.419 e. The van der Waals surface area contributed by atoms with E-state index in [4.69, 9.17) is 34.8 Å². The summed E-state index contributed by atoms with van der Waals surface area (Å²) in [5.74, 6) is -7.39. The molecule has 40 heavy (non-hydrogen) atoms. The first-order valence-corrected chi connectivity index (χ1v) is 12.5. The number of anilines is 3. The van der Waals surface area contributed by atoms with Gasteiger partial charge in [0.15, 0.2) is 5.82 Å². The van der Waals surface area contributed by atoms with Gasteiger partial charge < -0.3 is 16.0 Å². The molecule has 3 aromatic carbocycles. The van der Waals surface area contributed by atoms with E-state index in [9.17, 15) is 35.9 Å². The summed E-state index contributed by atoms with van der Waals surface area (Å²) in [6, 6.07) is 6.79. The van der Waals surface area contributed by atoms with Crippen LogP contribution in [0.5, 0.6) is 0 Å². The number of rotatable bonds is 6. The topological polar surface area (TPSA) is 70.2 Å². The number of hydrogen-bond donors (Lipinski definition) is 3. The summed E-state index contributed by atoms with van der Waals surface area (Å²) in [5, 5.41) is 7.12. The standard InChI is InChI=1S/C26H18Cl3F6N3O2/c1-10-7-12(9-13(20(10)27)23(39)38-17-6-5-16(31)22(36-2)21(17)32)37-24(40)19-18(25(19,28)29)11-3-4-15(30)14(8-11)26(33,34)35/h3-9,18-19,36H,1-2H3,(H,37,40)(H,38,39)/t18-,19+/m0/s1. The maximum absolute atomic E-state index is 14.6. The summed E-state index contributed by atoms with van der Waals surface area (Å²) < 4.78 is 79.8. The van der Waals surface area contributed by atoms with Crippen LogP contribution in [0.1, 0.15) is 33.0 Å². The van der Waals surface area contributed by atoms with Crippen molar-refractivity contribution >= 4 is 63.7 Å². The number of benzene rings is 3. The van der Waals surface area contributed by atoms with Crippen LogP contribution < -0.4 is 16.0 Å². The second-order valence-corrected chi connectivity index (χ2v) is 10.8. The molecule has 0 radical (unpaired) electrons. The molecular formula is C26H18Cl3F6N3O2. The molecule has 0 unspecified atom stereocenters. The third-order valence-electron chi connectivity index (χ3n) is 6.35. The zero-order valence-electron chi connectivity index (χ0n) is 20.4. The van der Waals surface area contributed by atoms with Gasteiger partial charge in [0.05, 0.1) is 27.8 Å². The molecule has 4 rings (SSSR count). The normalized spacial score (nSPS) is 17.8. The number of nitrogens with one attached hydrogen (secondary N) is 3. The number of amides is 2. The van der Waals surface area contributed by atoms with Gasteiger partial charge in [-0.1, -0.05) is 17.7 Å². The Morgan fingerprint density at radius 2 is 1.60 bits per heavy atom. The number of carbonyl (C=O) groups excluding carboxylic acids is 2. The van der Waals surface area contributed by atoms with Gasteiger partial charge >= 0.3 is 6.18 Å². The highest BCUT2D eigenvalue weighted by molar-refractivity contribution is 6.53. The SMILES string of the molecule is CNc1c(F)ccc(NC(=O)c2cc(NC(=O)[C@H]3[C@H](c4ccc(F)c(C(F)(F)F)c4)C3(Cl)Cl)cc(C)c2Cl)c1F. The second-order valence-electron chi connectivity index (χ2n) is 9.00. The average molecular weight is 625 g/mol. The van der Waals surface area contributed by atoms with E-state index in [1.54, 1.807) is 0 Å². The molecular weight excluding hydrogens is 607 g/mol. The molecule has 1 saturated carbocycles. The number of hydrogen-bond acceptors (Lipinski definition) is 3. The van der Waals surface area contributed by atoms with Gasteiger partial charge in [0, 0.05) is 18.7 Å². The lowest BCUT2D eigenvalue weighted by Gasteiger charge is -2.14. The van der Waals surface area contributed by atoms with Crippen molar-refractivity contribution in [2.24, 2.45) is 5.92 Å². The van der Waals surface area contributed by atoms with E-state index in [1.165, 1.54) is 26.1 Å². The molecule has 1 aliphatic rings. The molecule has 0 saturated heterocycles. The minimum absolute atomic E-state index is 0.0221. The van der Waals surface area contributed by atoms with Crippen LogP contribution in [-0.2, 0) is 11.0 Å². The van der Waals surface area contributed by atoms with Gasteiger partial charge in [-0.25, -0.2) is 13.2 Å². The lowest BCUT2D eigenvalue weighted by atomic mass is 10.0. The van der Waals surface area contributed by atoms with Gasteiger partial charge in [-0.05, 0) is 54.4 Å². The zero-order valence-corrected chi connectivity index (χ0v) is 22.7. The third kappa shape index (κ3) is 5.55. The van der Waals surface area contributed by atoms with Crippen LogP contribution in [-0.4, -0.2) is 23.2 Å². The Bertz CT molecular complexity index is 1530. The van der Waals surface area contributed by atoms with E-state index in [-0.39, 0.29) is 27.5 Å². The van der Waals surface area contributed by atoms with Gasteiger partial charge in [0.1, 0.15) is 21.7 Å². The van der Waals surface area contributed by atoms with Crippen LogP contribution in [0.2, 0.25) is 5.02 Å². The number of carbonyl (C=O) groups is 2. The first-order chi connectivity index (χ1) is 18.6. The Kier molecular flexibility index (Phi) is 7.96. The van der Waals surface area contributed by atoms with Gasteiger partial charge in [0.25, 0.3) is 5.91 Å². The van der Waals surface area contributed by atoms with Crippen LogP contribution in [0.3, 0.4) is 0 Å². The first kappa shape index (κ1) is 29.8. The molecule has 0 bridgehead atoms. The van der Waals surface area contributed by atoms with Crippen LogP contribution in [0.25, 0.3) is 0 Å². The lowest BCUT2D eigenvalue weighted by Crippen LogP contribution is -2.19. The summed E-state index contributed by atoms with van der Waals surface area (Å²) in [5.41, 5.74) is -2.20. The quantitative estimate of drug-likeness (QED) is 0.193. The summed E-state index contributed by atoms with van der Waals surface area (Å²) in [4.78, 5) is 26.0. The maximum atomic E-state index is 14.6. The molecule has 0 aliphatic heterocycles. The fraction of sp³-hybridized carbons (Fsp3) is 0.231. The highest BCUT2D eigenvalue weighted by Crippen LogP contribution is 2.65. The van der Waals surface area contributed by atoms with Crippen molar-refractivity contribution in [1.29, 1.82) is 0 Å². The van der Waals surface area contributed by atoms with Crippen LogP contribution >= 0.6 is 34.8 Å². The smallest absolute Gasteiger partial charge is 0.383 e. The molecule has 1 fully saturated rings. The molecule has 2 amide bonds. The van der Waals surface area contributed by atoms with Crippen molar-refractivity contribution in [3.8, 4) is 0 Å². The number of aryl methyl sites for hydroxylation is 1. The molecule has 3 N–H and O–H groups in total. The summed E-state index contributed by atoms with van der Waals surface area (Å²) in [6.07, 6.45) is -4.97. The van der Waals surface area contributed by atoms with Crippen molar-refractivity contribution < 1.29 is 35.9 Å². The molecule has 5 nitrogen and oxygen atoms in total. The highest BCUT2D eigenvalue weighted by Gasteiger charge is 2.67. The van der Waals surface area contributed by atoms with E-state index in [1.807, 2.05) is 0 Å². The Morgan fingerprint density at radius 1 is 0.950 bits per heavy atom. The van der Waals surface area contributed by atoms with E-state index < -0.39 is 62.9 Å². The van der Waals surface area contributed by atoms with Crippen molar-refractivity contribution in [2.75, 3.05) is 23.0 Å². The molecule has 2 atom stereocenters. The van der Waals surface area contributed by atoms with Crippen LogP contribution in [0.15, 0.2) is 42.5 Å². The van der Waals surface area contributed by atoms with Crippen molar-refractivity contribution in [3.05, 3.63) is 87.2 Å². The van der Waals surface area contributed by atoms with Gasteiger partial charge in [-0.2, -0.15) is 13.2 Å². The Balaban J connectivity index is 1.57. The van der Waals surface area contributed by atoms with Crippen LogP contribution in [0, 0.1) is 30.3 Å². The average Bonchev–Trinajstić information content (AvgIpc) is 3.44. The van der Waals surface area contributed by atoms with Gasteiger partial charge in [0.2, 0.25) is 5.91 Å². The summed E-state index contributed by atoms with van der Waals surface area (Å²) >= 11 is 18.7. The molecule has 1 aliphatic carbocycles. The molecule has 0 aromatic heterocycles. The Labute approximate surface area is 238 Å². The lowest BCUT2D eigenvalue weighted by molar-refractivity contribution is -0.140. The van der Waals surface area contributed by atoms with E-state index in [0.29, 0.717) is 17.7 Å². The number of halogens is 9. The predicted molar refractivity (Wildman–Crippen MR) is 141 cm³/mol. The van der Waals surface area contributed by atoms with E-state index in [0.717, 1.165) is 18.2 Å². The minimum atomic E-state index is -4.97. The summed E-state index contributed by atoms with van der Waals surface area (Å²) in [7, 11) is 1.30. The first-order valence-electron chi connectivity index (χ1n) is 11.4. The molecule has 0 spiro atoms. The fourth-order valence-electron chi connectivity index (χ4n) is 4.32. The van der Waals surface area contributed by atoms with E-state index >= 15 is 0 Å². The predicted octanol–water partition coefficient (Wildman–Crippen LogP) is 7.90. The van der Waals surface area contributed by atoms with Crippen molar-refractivity contribution in [1.82, 2.24) is 0 Å². The molecule has 212 valence electrons. The van der Waals surface area contributed by atoms with Crippen molar-refractivity contribution in [2.45, 2.75) is 23.4 Å².